The minimum absolute atomic E-state index is 0.515. The molecule has 6 nitrogen and oxygen atoms in total. The average Bonchev–Trinajstić information content (AvgIpc) is 3.13. The van der Waals surface area contributed by atoms with Crippen LogP contribution >= 0.6 is 0 Å². The van der Waals surface area contributed by atoms with Crippen molar-refractivity contribution in [3.8, 4) is 34.5 Å². The zero-order valence-corrected chi connectivity index (χ0v) is 30.6. The smallest absolute Gasteiger partial charge is 0.203 e. The Morgan fingerprint density at radius 1 is 0.479 bits per heavy atom. The first-order valence-corrected chi connectivity index (χ1v) is 17.7. The molecular formula is C42H58O6. The second-order valence-corrected chi connectivity index (χ2v) is 12.3. The van der Waals surface area contributed by atoms with Gasteiger partial charge in [0, 0.05) is 0 Å². The molecule has 2 atom stereocenters. The van der Waals surface area contributed by atoms with Crippen LogP contribution in [-0.2, 0) is 0 Å². The lowest BCUT2D eigenvalue weighted by Crippen LogP contribution is -2.12. The van der Waals surface area contributed by atoms with Crippen LogP contribution in [-0.4, -0.2) is 41.7 Å². The first-order chi connectivity index (χ1) is 23.4. The van der Waals surface area contributed by atoms with Crippen LogP contribution in [0.5, 0.6) is 34.5 Å². The fourth-order valence-electron chi connectivity index (χ4n) is 5.58. The second-order valence-electron chi connectivity index (χ2n) is 12.3. The Kier molecular flexibility index (Phi) is 16.8. The van der Waals surface area contributed by atoms with E-state index in [2.05, 4.69) is 76.3 Å². The minimum atomic E-state index is 0.515. The van der Waals surface area contributed by atoms with Crippen molar-refractivity contribution in [3.05, 3.63) is 70.8 Å². The highest BCUT2D eigenvalue weighted by molar-refractivity contribution is 5.75. The van der Waals surface area contributed by atoms with Gasteiger partial charge in [0.25, 0.3) is 0 Å². The normalized spacial score (nSPS) is 12.7. The van der Waals surface area contributed by atoms with Gasteiger partial charge in [0.1, 0.15) is 0 Å². The highest BCUT2D eigenvalue weighted by Gasteiger charge is 2.17. The number of methoxy groups -OCH3 is 4. The van der Waals surface area contributed by atoms with Crippen molar-refractivity contribution < 1.29 is 28.4 Å². The highest BCUT2D eigenvalue weighted by Crippen LogP contribution is 2.41. The molecule has 0 aliphatic rings. The van der Waals surface area contributed by atoms with E-state index in [1.165, 1.54) is 25.7 Å². The maximum Gasteiger partial charge on any atom is 0.203 e. The summed E-state index contributed by atoms with van der Waals surface area (Å²) in [4.78, 5) is 0. The third kappa shape index (κ3) is 11.6. The summed E-state index contributed by atoms with van der Waals surface area (Å²) in [5, 5.41) is 0. The number of hydrogen-bond acceptors (Lipinski definition) is 6. The maximum absolute atomic E-state index is 6.25. The lowest BCUT2D eigenvalue weighted by atomic mass is 10.0. The molecule has 3 aromatic rings. The van der Waals surface area contributed by atoms with Gasteiger partial charge in [0.05, 0.1) is 41.7 Å². The van der Waals surface area contributed by atoms with Crippen LogP contribution < -0.4 is 28.4 Å². The Labute approximate surface area is 290 Å². The quantitative estimate of drug-likeness (QED) is 0.100. The lowest BCUT2D eigenvalue weighted by Gasteiger charge is -2.19. The number of hydrogen-bond donors (Lipinski definition) is 0. The molecule has 0 aromatic heterocycles. The molecule has 3 rings (SSSR count). The third-order valence-electron chi connectivity index (χ3n) is 8.85. The van der Waals surface area contributed by atoms with E-state index in [0.29, 0.717) is 59.5 Å². The molecule has 2 unspecified atom stereocenters. The highest BCUT2D eigenvalue weighted by atomic mass is 16.5. The fraction of sp³-hybridized carbons (Fsp3) is 0.476. The molecular weight excluding hydrogens is 600 g/mol. The van der Waals surface area contributed by atoms with Crippen molar-refractivity contribution in [1.82, 2.24) is 0 Å². The van der Waals surface area contributed by atoms with Crippen LogP contribution in [0.1, 0.15) is 101 Å². The molecule has 0 aliphatic heterocycles. The molecule has 0 saturated heterocycles. The molecule has 262 valence electrons. The zero-order chi connectivity index (χ0) is 34.7. The average molecular weight is 659 g/mol. The van der Waals surface area contributed by atoms with Crippen LogP contribution in [0.25, 0.3) is 24.3 Å². The van der Waals surface area contributed by atoms with Gasteiger partial charge in [-0.05, 0) is 71.2 Å². The second kappa shape index (κ2) is 21.0. The van der Waals surface area contributed by atoms with Crippen molar-refractivity contribution in [2.75, 3.05) is 41.7 Å². The zero-order valence-electron chi connectivity index (χ0n) is 30.6. The summed E-state index contributed by atoms with van der Waals surface area (Å²) in [6.07, 6.45) is 17.6. The van der Waals surface area contributed by atoms with Gasteiger partial charge in [0.15, 0.2) is 23.0 Å². The van der Waals surface area contributed by atoms with Crippen molar-refractivity contribution in [3.63, 3.8) is 0 Å². The molecule has 0 N–H and O–H groups in total. The van der Waals surface area contributed by atoms with E-state index in [4.69, 9.17) is 28.4 Å². The molecule has 0 spiro atoms. The monoisotopic (exact) mass is 658 g/mol. The van der Waals surface area contributed by atoms with Gasteiger partial charge < -0.3 is 28.4 Å². The van der Waals surface area contributed by atoms with E-state index >= 15 is 0 Å². The van der Waals surface area contributed by atoms with Gasteiger partial charge in [-0.2, -0.15) is 0 Å². The summed E-state index contributed by atoms with van der Waals surface area (Å²) in [6, 6.07) is 16.4. The van der Waals surface area contributed by atoms with Gasteiger partial charge in [-0.1, -0.05) is 115 Å². The summed E-state index contributed by atoms with van der Waals surface area (Å²) in [5.74, 6) is 5.04. The van der Waals surface area contributed by atoms with E-state index < -0.39 is 0 Å². The summed E-state index contributed by atoms with van der Waals surface area (Å²) in [6.45, 7) is 10.2. The Balaban J connectivity index is 1.71. The molecule has 0 fully saturated rings. The van der Waals surface area contributed by atoms with Gasteiger partial charge in [-0.15, -0.1) is 0 Å². The fourth-order valence-corrected chi connectivity index (χ4v) is 5.58. The minimum Gasteiger partial charge on any atom is -0.493 e. The molecule has 6 heteroatoms. The van der Waals surface area contributed by atoms with E-state index in [-0.39, 0.29) is 0 Å². The maximum atomic E-state index is 6.25. The van der Waals surface area contributed by atoms with E-state index in [1.54, 1.807) is 28.4 Å². The van der Waals surface area contributed by atoms with Crippen LogP contribution in [0.4, 0.5) is 0 Å². The molecule has 0 saturated carbocycles. The van der Waals surface area contributed by atoms with Crippen molar-refractivity contribution in [2.45, 2.75) is 79.1 Å². The number of benzene rings is 3. The van der Waals surface area contributed by atoms with E-state index in [9.17, 15) is 0 Å². The molecule has 0 bridgehead atoms. The summed E-state index contributed by atoms with van der Waals surface area (Å²) < 4.78 is 35.4. The number of unbranched alkanes of at least 4 members (excludes halogenated alkanes) is 2. The number of ether oxygens (including phenoxy) is 6. The van der Waals surface area contributed by atoms with Gasteiger partial charge >= 0.3 is 0 Å². The Bertz CT molecular complexity index is 1270. The van der Waals surface area contributed by atoms with E-state index in [1.807, 2.05) is 24.3 Å². The third-order valence-corrected chi connectivity index (χ3v) is 8.85. The number of rotatable bonds is 22. The van der Waals surface area contributed by atoms with Crippen molar-refractivity contribution in [2.24, 2.45) is 11.8 Å². The molecule has 48 heavy (non-hydrogen) atoms. The first-order valence-electron chi connectivity index (χ1n) is 17.7. The largest absolute Gasteiger partial charge is 0.493 e. The predicted molar refractivity (Wildman–Crippen MR) is 201 cm³/mol. The molecule has 0 amide bonds. The Morgan fingerprint density at radius 3 is 1.06 bits per heavy atom. The van der Waals surface area contributed by atoms with E-state index in [0.717, 1.165) is 47.9 Å². The van der Waals surface area contributed by atoms with Gasteiger partial charge in [-0.25, -0.2) is 0 Å². The SMILES string of the molecule is CCCCC(CC)COc1c(OC)cc(C=Cc2ccc(C=Cc3cc(OC)c(OCC(CC)CCCC)c(OC)c3)cc2)cc1OC. The van der Waals surface area contributed by atoms with Crippen LogP contribution in [0.3, 0.4) is 0 Å². The standard InChI is InChI=1S/C42H58O6/c1-9-13-15-31(11-3)29-47-41-37(43-5)25-35(26-38(41)44-6)23-21-33-17-19-34(20-18-33)22-24-36-27-39(45-7)42(40(28-36)46-8)48-30-32(12-4)16-14-10-2/h17-28,31-32H,9-16,29-30H2,1-8H3. The summed E-state index contributed by atoms with van der Waals surface area (Å²) in [7, 11) is 6.67. The first kappa shape index (κ1) is 38.4. The topological polar surface area (TPSA) is 55.4 Å². The van der Waals surface area contributed by atoms with Crippen molar-refractivity contribution >= 4 is 24.3 Å². The molecule has 0 aliphatic carbocycles. The van der Waals surface area contributed by atoms with Crippen LogP contribution in [0.15, 0.2) is 48.5 Å². The molecule has 0 radical (unpaired) electrons. The summed E-state index contributed by atoms with van der Waals surface area (Å²) in [5.41, 5.74) is 4.11. The predicted octanol–water partition coefficient (Wildman–Crippen LogP) is 11.3. The van der Waals surface area contributed by atoms with Gasteiger partial charge in [-0.3, -0.25) is 0 Å². The van der Waals surface area contributed by atoms with Crippen LogP contribution in [0.2, 0.25) is 0 Å². The van der Waals surface area contributed by atoms with Crippen molar-refractivity contribution in [1.29, 1.82) is 0 Å². The van der Waals surface area contributed by atoms with Gasteiger partial charge in [0.2, 0.25) is 11.5 Å². The Morgan fingerprint density at radius 2 is 0.792 bits per heavy atom. The molecule has 0 heterocycles. The Hall–Kier alpha value is -4.06. The summed E-state index contributed by atoms with van der Waals surface area (Å²) >= 11 is 0. The van der Waals surface area contributed by atoms with Crippen LogP contribution in [0, 0.1) is 11.8 Å². The molecule has 3 aromatic carbocycles. The lowest BCUT2D eigenvalue weighted by molar-refractivity contribution is 0.215.